The van der Waals surface area contributed by atoms with Gasteiger partial charge in [-0.1, -0.05) is 20.3 Å². The van der Waals surface area contributed by atoms with Crippen molar-refractivity contribution in [2.45, 2.75) is 39.5 Å². The molecule has 1 atom stereocenters. The van der Waals surface area contributed by atoms with Crippen LogP contribution in [0.5, 0.6) is 0 Å². The van der Waals surface area contributed by atoms with Crippen molar-refractivity contribution in [1.29, 1.82) is 0 Å². The third-order valence-electron chi connectivity index (χ3n) is 2.48. The van der Waals surface area contributed by atoms with Crippen LogP contribution in [-0.2, 0) is 4.79 Å². The molecule has 0 spiro atoms. The van der Waals surface area contributed by atoms with Crippen LogP contribution in [0.1, 0.15) is 39.5 Å². The molecule has 0 aromatic heterocycles. The Balaban J connectivity index is 2.54. The first-order valence-electron chi connectivity index (χ1n) is 3.68. The summed E-state index contributed by atoms with van der Waals surface area (Å²) < 4.78 is 0. The lowest BCUT2D eigenvalue weighted by Crippen LogP contribution is -2.09. The molecule has 1 fully saturated rings. The van der Waals surface area contributed by atoms with Crippen LogP contribution >= 0.6 is 0 Å². The molecular weight excluding hydrogens is 112 g/mol. The molecule has 52 valence electrons. The Morgan fingerprint density at radius 2 is 2.33 bits per heavy atom. The monoisotopic (exact) mass is 126 g/mol. The smallest absolute Gasteiger partial charge is 0.133 e. The zero-order chi connectivity index (χ0) is 6.91. The van der Waals surface area contributed by atoms with Gasteiger partial charge >= 0.3 is 0 Å². The van der Waals surface area contributed by atoms with E-state index < -0.39 is 0 Å². The van der Waals surface area contributed by atoms with Crippen molar-refractivity contribution >= 4 is 5.78 Å². The van der Waals surface area contributed by atoms with Gasteiger partial charge < -0.3 is 0 Å². The van der Waals surface area contributed by atoms with E-state index in [-0.39, 0.29) is 0 Å². The van der Waals surface area contributed by atoms with Crippen molar-refractivity contribution in [2.75, 3.05) is 0 Å². The van der Waals surface area contributed by atoms with Crippen LogP contribution < -0.4 is 0 Å². The Labute approximate surface area is 56.4 Å². The van der Waals surface area contributed by atoms with E-state index in [1.807, 2.05) is 0 Å². The second-order valence-corrected chi connectivity index (χ2v) is 3.38. The molecule has 0 saturated heterocycles. The molecule has 1 rings (SSSR count). The van der Waals surface area contributed by atoms with Gasteiger partial charge in [0.05, 0.1) is 0 Å². The molecule has 0 heterocycles. The molecule has 0 amide bonds. The Morgan fingerprint density at radius 1 is 1.67 bits per heavy atom. The highest BCUT2D eigenvalue weighted by Gasteiger charge is 2.31. The van der Waals surface area contributed by atoms with Crippen LogP contribution in [0.15, 0.2) is 0 Å². The van der Waals surface area contributed by atoms with Crippen molar-refractivity contribution in [1.82, 2.24) is 0 Å². The molecule has 0 N–H and O–H groups in total. The van der Waals surface area contributed by atoms with E-state index in [4.69, 9.17) is 0 Å². The molecule has 0 aliphatic heterocycles. The Kier molecular flexibility index (Phi) is 1.60. The first-order chi connectivity index (χ1) is 4.16. The third-order valence-corrected chi connectivity index (χ3v) is 2.48. The van der Waals surface area contributed by atoms with Crippen LogP contribution in [0.3, 0.4) is 0 Å². The quantitative estimate of drug-likeness (QED) is 0.526. The van der Waals surface area contributed by atoms with Crippen LogP contribution in [0.4, 0.5) is 0 Å². The maximum Gasteiger partial charge on any atom is 0.133 e. The van der Waals surface area contributed by atoms with Gasteiger partial charge in [-0.15, -0.1) is 0 Å². The Morgan fingerprint density at radius 3 is 2.56 bits per heavy atom. The van der Waals surface area contributed by atoms with E-state index >= 15 is 0 Å². The van der Waals surface area contributed by atoms with Gasteiger partial charge in [0.15, 0.2) is 0 Å². The molecule has 1 nitrogen and oxygen atoms in total. The first kappa shape index (κ1) is 6.79. The number of Topliss-reactive ketones (excluding diaryl/α,β-unsaturated/α-hetero) is 1. The minimum atomic E-state index is 0.358. The predicted molar refractivity (Wildman–Crippen MR) is 37.3 cm³/mol. The van der Waals surface area contributed by atoms with Crippen LogP contribution in [0, 0.1) is 5.41 Å². The highest BCUT2D eigenvalue weighted by molar-refractivity contribution is 5.81. The summed E-state index contributed by atoms with van der Waals surface area (Å²) in [4.78, 5) is 10.8. The molecule has 1 saturated carbocycles. The van der Waals surface area contributed by atoms with Crippen molar-refractivity contribution in [2.24, 2.45) is 5.41 Å². The molecule has 0 unspecified atom stereocenters. The van der Waals surface area contributed by atoms with Crippen LogP contribution in [0.2, 0.25) is 0 Å². The molecule has 9 heavy (non-hydrogen) atoms. The van der Waals surface area contributed by atoms with Crippen molar-refractivity contribution in [3.8, 4) is 0 Å². The van der Waals surface area contributed by atoms with Gasteiger partial charge in [0, 0.05) is 12.8 Å². The topological polar surface area (TPSA) is 17.1 Å². The van der Waals surface area contributed by atoms with E-state index in [0.29, 0.717) is 11.2 Å². The fourth-order valence-corrected chi connectivity index (χ4v) is 1.40. The summed E-state index contributed by atoms with van der Waals surface area (Å²) in [6.07, 6.45) is 3.91. The van der Waals surface area contributed by atoms with E-state index in [9.17, 15) is 4.79 Å². The van der Waals surface area contributed by atoms with E-state index in [2.05, 4.69) is 13.8 Å². The molecule has 1 aliphatic rings. The molecular formula is C8H14O. The van der Waals surface area contributed by atoms with E-state index in [0.717, 1.165) is 25.7 Å². The summed E-state index contributed by atoms with van der Waals surface area (Å²) in [6.45, 7) is 4.37. The van der Waals surface area contributed by atoms with Crippen LogP contribution in [0.25, 0.3) is 0 Å². The van der Waals surface area contributed by atoms with Gasteiger partial charge in [-0.3, -0.25) is 4.79 Å². The summed E-state index contributed by atoms with van der Waals surface area (Å²) >= 11 is 0. The maximum absolute atomic E-state index is 10.8. The summed E-state index contributed by atoms with van der Waals surface area (Å²) in [5.74, 6) is 0.458. The summed E-state index contributed by atoms with van der Waals surface area (Å²) in [7, 11) is 0. The summed E-state index contributed by atoms with van der Waals surface area (Å²) in [6, 6.07) is 0. The third kappa shape index (κ3) is 1.32. The van der Waals surface area contributed by atoms with Gasteiger partial charge in [-0.2, -0.15) is 0 Å². The molecule has 0 aromatic carbocycles. The maximum atomic E-state index is 10.8. The fourth-order valence-electron chi connectivity index (χ4n) is 1.40. The van der Waals surface area contributed by atoms with Crippen molar-refractivity contribution < 1.29 is 4.79 Å². The normalized spacial score (nSPS) is 35.6. The van der Waals surface area contributed by atoms with Gasteiger partial charge in [-0.05, 0) is 11.8 Å². The SMILES string of the molecule is CC[C@@]1(C)CCC(=O)C1. The predicted octanol–water partition coefficient (Wildman–Crippen LogP) is 2.16. The average molecular weight is 126 g/mol. The molecule has 1 aliphatic carbocycles. The van der Waals surface area contributed by atoms with Gasteiger partial charge in [0.2, 0.25) is 0 Å². The first-order valence-corrected chi connectivity index (χ1v) is 3.68. The molecule has 0 bridgehead atoms. The van der Waals surface area contributed by atoms with Gasteiger partial charge in [-0.25, -0.2) is 0 Å². The minimum Gasteiger partial charge on any atom is -0.300 e. The fraction of sp³-hybridized carbons (Fsp3) is 0.875. The minimum absolute atomic E-state index is 0.358. The Bertz CT molecular complexity index is 129. The van der Waals surface area contributed by atoms with Crippen LogP contribution in [-0.4, -0.2) is 5.78 Å². The highest BCUT2D eigenvalue weighted by Crippen LogP contribution is 2.37. The molecule has 0 radical (unpaired) electrons. The lowest BCUT2D eigenvalue weighted by Gasteiger charge is -2.18. The standard InChI is InChI=1S/C8H14O/c1-3-8(2)5-4-7(9)6-8/h3-6H2,1-2H3/t8-/m0/s1. The number of hydrogen-bond donors (Lipinski definition) is 0. The van der Waals surface area contributed by atoms with Gasteiger partial charge in [0.1, 0.15) is 5.78 Å². The van der Waals surface area contributed by atoms with Crippen molar-refractivity contribution in [3.63, 3.8) is 0 Å². The lowest BCUT2D eigenvalue weighted by atomic mass is 9.86. The Hall–Kier alpha value is -0.330. The van der Waals surface area contributed by atoms with E-state index in [1.165, 1.54) is 0 Å². The van der Waals surface area contributed by atoms with Gasteiger partial charge in [0.25, 0.3) is 0 Å². The average Bonchev–Trinajstić information content (AvgIpc) is 2.13. The number of carbonyl (C=O) groups excluding carboxylic acids is 1. The highest BCUT2D eigenvalue weighted by atomic mass is 16.1. The summed E-state index contributed by atoms with van der Waals surface area (Å²) in [5, 5.41) is 0. The van der Waals surface area contributed by atoms with Crippen molar-refractivity contribution in [3.05, 3.63) is 0 Å². The molecule has 1 heteroatoms. The largest absolute Gasteiger partial charge is 0.300 e. The summed E-state index contributed by atoms with van der Waals surface area (Å²) in [5.41, 5.74) is 0.358. The number of rotatable bonds is 1. The zero-order valence-electron chi connectivity index (χ0n) is 6.24. The number of carbonyl (C=O) groups is 1. The molecule has 0 aromatic rings. The number of hydrogen-bond acceptors (Lipinski definition) is 1. The second-order valence-electron chi connectivity index (χ2n) is 3.38. The van der Waals surface area contributed by atoms with E-state index in [1.54, 1.807) is 0 Å². The number of ketones is 1. The second kappa shape index (κ2) is 2.13. The zero-order valence-corrected chi connectivity index (χ0v) is 6.24. The lowest BCUT2D eigenvalue weighted by molar-refractivity contribution is -0.117.